The summed E-state index contributed by atoms with van der Waals surface area (Å²) in [5.41, 5.74) is 1.05. The number of fused-ring (bicyclic) bond motifs is 1. The van der Waals surface area contributed by atoms with E-state index in [-0.39, 0.29) is 5.12 Å². The summed E-state index contributed by atoms with van der Waals surface area (Å²) in [6, 6.07) is 11.8. The highest BCUT2D eigenvalue weighted by Gasteiger charge is 2.03. The van der Waals surface area contributed by atoms with E-state index in [2.05, 4.69) is 0 Å². The zero-order valence-corrected chi connectivity index (χ0v) is 10.4. The summed E-state index contributed by atoms with van der Waals surface area (Å²) in [6.45, 7) is 0. The first-order chi connectivity index (χ1) is 7.69. The van der Waals surface area contributed by atoms with Gasteiger partial charge in [-0.05, 0) is 34.7 Å². The molecule has 2 rings (SSSR count). The summed E-state index contributed by atoms with van der Waals surface area (Å²) in [6.07, 6.45) is 2.29. The van der Waals surface area contributed by atoms with Crippen molar-refractivity contribution in [3.05, 3.63) is 47.0 Å². The van der Waals surface area contributed by atoms with Gasteiger partial charge in [-0.3, -0.25) is 4.79 Å². The van der Waals surface area contributed by atoms with Gasteiger partial charge in [0.15, 0.2) is 5.12 Å². The molecule has 0 aliphatic rings. The van der Waals surface area contributed by atoms with E-state index in [4.69, 9.17) is 11.6 Å². The van der Waals surface area contributed by atoms with Gasteiger partial charge in [0.2, 0.25) is 0 Å². The van der Waals surface area contributed by atoms with Crippen LogP contribution in [0, 0.1) is 0 Å². The van der Waals surface area contributed by atoms with Crippen molar-refractivity contribution < 1.29 is 4.79 Å². The number of halogens is 1. The van der Waals surface area contributed by atoms with Gasteiger partial charge in [-0.1, -0.05) is 47.6 Å². The summed E-state index contributed by atoms with van der Waals surface area (Å²) < 4.78 is 0. The van der Waals surface area contributed by atoms with Crippen LogP contribution in [0.4, 0.5) is 0 Å². The van der Waals surface area contributed by atoms with E-state index in [0.29, 0.717) is 6.42 Å². The molecule has 3 heteroatoms. The lowest BCUT2D eigenvalue weighted by Crippen LogP contribution is -1.96. The molecule has 2 aromatic carbocycles. The molecule has 0 saturated carbocycles. The van der Waals surface area contributed by atoms with E-state index in [9.17, 15) is 4.79 Å². The third kappa shape index (κ3) is 2.57. The van der Waals surface area contributed by atoms with Crippen LogP contribution in [0.1, 0.15) is 5.56 Å². The summed E-state index contributed by atoms with van der Waals surface area (Å²) in [4.78, 5) is 11.3. The van der Waals surface area contributed by atoms with E-state index in [1.165, 1.54) is 11.8 Å². The number of hydrogen-bond donors (Lipinski definition) is 0. The number of benzene rings is 2. The predicted molar refractivity (Wildman–Crippen MR) is 71.2 cm³/mol. The molecule has 0 unspecified atom stereocenters. The van der Waals surface area contributed by atoms with Crippen molar-refractivity contribution in [3.8, 4) is 0 Å². The normalized spacial score (nSPS) is 10.6. The average molecular weight is 251 g/mol. The first kappa shape index (κ1) is 11.5. The number of hydrogen-bond acceptors (Lipinski definition) is 2. The fourth-order valence-corrected chi connectivity index (χ4v) is 2.11. The van der Waals surface area contributed by atoms with Crippen molar-refractivity contribution in [2.75, 3.05) is 6.26 Å². The Morgan fingerprint density at radius 1 is 1.19 bits per heavy atom. The lowest BCUT2D eigenvalue weighted by atomic mass is 10.1. The molecule has 0 fully saturated rings. The maximum absolute atomic E-state index is 11.3. The lowest BCUT2D eigenvalue weighted by molar-refractivity contribution is -0.110. The molecular formula is C13H11ClOS. The molecule has 0 aromatic heterocycles. The Bertz CT molecular complexity index is 536. The van der Waals surface area contributed by atoms with Crippen LogP contribution in [0.5, 0.6) is 0 Å². The number of rotatable bonds is 2. The maximum Gasteiger partial charge on any atom is 0.193 e. The molecule has 0 saturated heterocycles. The van der Waals surface area contributed by atoms with Gasteiger partial charge in [0.1, 0.15) is 0 Å². The second-order valence-corrected chi connectivity index (χ2v) is 4.88. The number of thioether (sulfide) groups is 1. The average Bonchev–Trinajstić information content (AvgIpc) is 2.29. The van der Waals surface area contributed by atoms with E-state index in [0.717, 1.165) is 21.4 Å². The first-order valence-corrected chi connectivity index (χ1v) is 6.54. The van der Waals surface area contributed by atoms with E-state index in [1.807, 2.05) is 42.7 Å². The van der Waals surface area contributed by atoms with Crippen LogP contribution >= 0.6 is 23.4 Å². The van der Waals surface area contributed by atoms with E-state index in [1.54, 1.807) is 0 Å². The Kier molecular flexibility index (Phi) is 3.52. The van der Waals surface area contributed by atoms with Crippen LogP contribution in [0.2, 0.25) is 5.02 Å². The Labute approximate surface area is 104 Å². The molecule has 0 aliphatic carbocycles. The molecule has 0 N–H and O–H groups in total. The zero-order valence-electron chi connectivity index (χ0n) is 8.87. The zero-order chi connectivity index (χ0) is 11.5. The largest absolute Gasteiger partial charge is 0.287 e. The molecule has 0 heterocycles. The van der Waals surface area contributed by atoms with Gasteiger partial charge in [-0.25, -0.2) is 0 Å². The third-order valence-corrected chi connectivity index (χ3v) is 3.28. The topological polar surface area (TPSA) is 17.1 Å². The quantitative estimate of drug-likeness (QED) is 0.804. The van der Waals surface area contributed by atoms with Gasteiger partial charge in [-0.15, -0.1) is 0 Å². The highest BCUT2D eigenvalue weighted by molar-refractivity contribution is 8.13. The van der Waals surface area contributed by atoms with Gasteiger partial charge in [0, 0.05) is 11.4 Å². The van der Waals surface area contributed by atoms with Crippen molar-refractivity contribution in [3.63, 3.8) is 0 Å². The number of carbonyl (C=O) groups excluding carboxylic acids is 1. The van der Waals surface area contributed by atoms with Crippen LogP contribution in [0.15, 0.2) is 36.4 Å². The monoisotopic (exact) mass is 250 g/mol. The molecule has 0 bridgehead atoms. The van der Waals surface area contributed by atoms with Crippen LogP contribution in [0.3, 0.4) is 0 Å². The van der Waals surface area contributed by atoms with Gasteiger partial charge in [0.25, 0.3) is 0 Å². The predicted octanol–water partition coefficient (Wildman–Crippen LogP) is 3.93. The minimum Gasteiger partial charge on any atom is -0.287 e. The molecule has 82 valence electrons. The highest BCUT2D eigenvalue weighted by Crippen LogP contribution is 2.21. The molecule has 0 spiro atoms. The van der Waals surface area contributed by atoms with Crippen LogP contribution in [-0.4, -0.2) is 11.4 Å². The SMILES string of the molecule is CSC(=O)Cc1ccc2cc(Cl)ccc2c1. The number of carbonyl (C=O) groups is 1. The van der Waals surface area contributed by atoms with Gasteiger partial charge in [-0.2, -0.15) is 0 Å². The first-order valence-electron chi connectivity index (χ1n) is 4.94. The van der Waals surface area contributed by atoms with Crippen molar-refractivity contribution in [1.29, 1.82) is 0 Å². The molecular weight excluding hydrogens is 240 g/mol. The lowest BCUT2D eigenvalue weighted by Gasteiger charge is -2.02. The van der Waals surface area contributed by atoms with E-state index >= 15 is 0 Å². The molecule has 0 amide bonds. The Morgan fingerprint density at radius 2 is 1.88 bits per heavy atom. The second kappa shape index (κ2) is 4.89. The van der Waals surface area contributed by atoms with Crippen molar-refractivity contribution >= 4 is 39.3 Å². The van der Waals surface area contributed by atoms with Crippen molar-refractivity contribution in [1.82, 2.24) is 0 Å². The second-order valence-electron chi connectivity index (χ2n) is 3.58. The highest BCUT2D eigenvalue weighted by atomic mass is 35.5. The van der Waals surface area contributed by atoms with Crippen LogP contribution < -0.4 is 0 Å². The summed E-state index contributed by atoms with van der Waals surface area (Å²) in [5, 5.41) is 3.15. The summed E-state index contributed by atoms with van der Waals surface area (Å²) >= 11 is 7.18. The van der Waals surface area contributed by atoms with Crippen molar-refractivity contribution in [2.45, 2.75) is 6.42 Å². The smallest absolute Gasteiger partial charge is 0.193 e. The third-order valence-electron chi connectivity index (χ3n) is 2.44. The minimum absolute atomic E-state index is 0.188. The van der Waals surface area contributed by atoms with Crippen LogP contribution in [0.25, 0.3) is 10.8 Å². The van der Waals surface area contributed by atoms with E-state index < -0.39 is 0 Å². The summed E-state index contributed by atoms with van der Waals surface area (Å²) in [5.74, 6) is 0. The van der Waals surface area contributed by atoms with Gasteiger partial charge < -0.3 is 0 Å². The molecule has 0 radical (unpaired) electrons. The molecule has 0 aliphatic heterocycles. The van der Waals surface area contributed by atoms with Gasteiger partial charge in [0.05, 0.1) is 0 Å². The minimum atomic E-state index is 0.188. The fourth-order valence-electron chi connectivity index (χ4n) is 1.61. The Balaban J connectivity index is 2.37. The van der Waals surface area contributed by atoms with Crippen LogP contribution in [-0.2, 0) is 11.2 Å². The Morgan fingerprint density at radius 3 is 2.62 bits per heavy atom. The fraction of sp³-hybridized carbons (Fsp3) is 0.154. The molecule has 0 atom stereocenters. The Hall–Kier alpha value is -0.990. The molecule has 1 nitrogen and oxygen atoms in total. The molecule has 16 heavy (non-hydrogen) atoms. The van der Waals surface area contributed by atoms with Gasteiger partial charge >= 0.3 is 0 Å². The maximum atomic E-state index is 11.3. The summed E-state index contributed by atoms with van der Waals surface area (Å²) in [7, 11) is 0. The van der Waals surface area contributed by atoms with Crippen molar-refractivity contribution in [2.24, 2.45) is 0 Å². The molecule has 2 aromatic rings. The standard InChI is InChI=1S/C13H11ClOS/c1-16-13(15)7-9-2-3-11-8-12(14)5-4-10(11)6-9/h2-6,8H,7H2,1H3.